The van der Waals surface area contributed by atoms with Crippen LogP contribution >= 0.6 is 0 Å². The molecule has 1 N–H and O–H groups in total. The van der Waals surface area contributed by atoms with Crippen molar-refractivity contribution in [3.05, 3.63) is 64.0 Å². The number of aromatic amines is 1. The summed E-state index contributed by atoms with van der Waals surface area (Å²) in [5.41, 5.74) is 2.68. The van der Waals surface area contributed by atoms with E-state index in [2.05, 4.69) is 15.1 Å². The molecule has 1 amide bonds. The molecule has 134 valence electrons. The van der Waals surface area contributed by atoms with Gasteiger partial charge < -0.3 is 4.90 Å². The Kier molecular flexibility index (Phi) is 4.28. The molecule has 0 unspecified atom stereocenters. The third-order valence-corrected chi connectivity index (χ3v) is 4.92. The van der Waals surface area contributed by atoms with Gasteiger partial charge in [-0.05, 0) is 37.8 Å². The van der Waals surface area contributed by atoms with E-state index >= 15 is 0 Å². The van der Waals surface area contributed by atoms with Crippen LogP contribution in [0.1, 0.15) is 54.0 Å². The molecule has 3 aromatic heterocycles. The van der Waals surface area contributed by atoms with E-state index < -0.39 is 0 Å². The molecular formula is C19H21N5O2. The van der Waals surface area contributed by atoms with Crippen LogP contribution in [-0.2, 0) is 6.42 Å². The normalized spacial score (nSPS) is 17.6. The van der Waals surface area contributed by atoms with Crippen molar-refractivity contribution in [2.24, 2.45) is 0 Å². The lowest BCUT2D eigenvalue weighted by Gasteiger charge is -2.35. The maximum atomic E-state index is 13.0. The lowest BCUT2D eigenvalue weighted by Crippen LogP contribution is -2.38. The van der Waals surface area contributed by atoms with Gasteiger partial charge in [-0.2, -0.15) is 0 Å². The number of aryl methyl sites for hydroxylation is 1. The standard InChI is InChI=1S/C19H21N5O2/c1-2-14-10-18(25)24-17(21-14)11-15(22-24)16-7-3-4-9-23(16)19(26)13-6-5-8-20-12-13/h5-6,8,10-12,16,22H,2-4,7,9H2,1H3/t16-/m0/s1. The molecule has 7 nitrogen and oxygen atoms in total. The number of carbonyl (C=O) groups excluding carboxylic acids is 1. The van der Waals surface area contributed by atoms with E-state index in [1.807, 2.05) is 17.9 Å². The Balaban J connectivity index is 1.72. The number of amides is 1. The molecular weight excluding hydrogens is 330 g/mol. The second-order valence-electron chi connectivity index (χ2n) is 6.60. The number of hydrogen-bond acceptors (Lipinski definition) is 4. The zero-order valence-corrected chi connectivity index (χ0v) is 14.7. The SMILES string of the molecule is CCc1cc(=O)n2[nH]c([C@@H]3CCCCN3C(=O)c3cccnc3)cc2n1. The molecule has 1 atom stereocenters. The van der Waals surface area contributed by atoms with Crippen LogP contribution in [0, 0.1) is 0 Å². The van der Waals surface area contributed by atoms with Crippen molar-refractivity contribution < 1.29 is 4.79 Å². The number of nitrogens with zero attached hydrogens (tertiary/aromatic N) is 4. The molecule has 0 saturated carbocycles. The molecule has 4 rings (SSSR count). The summed E-state index contributed by atoms with van der Waals surface area (Å²) in [4.78, 5) is 35.7. The summed E-state index contributed by atoms with van der Waals surface area (Å²) in [6.45, 7) is 2.66. The number of pyridine rings is 1. The summed E-state index contributed by atoms with van der Waals surface area (Å²) in [7, 11) is 0. The zero-order chi connectivity index (χ0) is 18.1. The molecule has 1 fully saturated rings. The molecule has 26 heavy (non-hydrogen) atoms. The number of likely N-dealkylation sites (tertiary alicyclic amines) is 1. The van der Waals surface area contributed by atoms with Crippen LogP contribution in [0.2, 0.25) is 0 Å². The monoisotopic (exact) mass is 351 g/mol. The number of carbonyl (C=O) groups is 1. The van der Waals surface area contributed by atoms with Crippen LogP contribution in [-0.4, -0.2) is 36.9 Å². The Hall–Kier alpha value is -2.96. The minimum Gasteiger partial charge on any atom is -0.330 e. The summed E-state index contributed by atoms with van der Waals surface area (Å²) < 4.78 is 1.45. The second-order valence-corrected chi connectivity index (χ2v) is 6.60. The molecule has 0 aromatic carbocycles. The van der Waals surface area contributed by atoms with Gasteiger partial charge >= 0.3 is 0 Å². The molecule has 3 aromatic rings. The molecule has 0 radical (unpaired) electrons. The first-order valence-corrected chi connectivity index (χ1v) is 9.00. The van der Waals surface area contributed by atoms with Crippen LogP contribution in [0.3, 0.4) is 0 Å². The molecule has 0 spiro atoms. The molecule has 1 aliphatic heterocycles. The Labute approximate surface area is 150 Å². The van der Waals surface area contributed by atoms with Crippen molar-refractivity contribution in [2.75, 3.05) is 6.54 Å². The minimum atomic E-state index is -0.126. The topological polar surface area (TPSA) is 83.4 Å². The smallest absolute Gasteiger partial charge is 0.272 e. The van der Waals surface area contributed by atoms with Gasteiger partial charge in [0, 0.05) is 36.8 Å². The first kappa shape index (κ1) is 16.5. The Morgan fingerprint density at radius 3 is 3.00 bits per heavy atom. The highest BCUT2D eigenvalue weighted by Crippen LogP contribution is 2.31. The van der Waals surface area contributed by atoms with E-state index in [-0.39, 0.29) is 17.5 Å². The highest BCUT2D eigenvalue weighted by molar-refractivity contribution is 5.94. The number of piperidine rings is 1. The fourth-order valence-corrected chi connectivity index (χ4v) is 3.56. The average molecular weight is 351 g/mol. The fraction of sp³-hybridized carbons (Fsp3) is 0.368. The van der Waals surface area contributed by atoms with E-state index in [1.165, 1.54) is 4.52 Å². The van der Waals surface area contributed by atoms with Crippen LogP contribution in [0.5, 0.6) is 0 Å². The lowest BCUT2D eigenvalue weighted by atomic mass is 9.98. The first-order valence-electron chi connectivity index (χ1n) is 9.00. The van der Waals surface area contributed by atoms with Crippen LogP contribution in [0.4, 0.5) is 0 Å². The lowest BCUT2D eigenvalue weighted by molar-refractivity contribution is 0.0605. The predicted molar refractivity (Wildman–Crippen MR) is 97.1 cm³/mol. The summed E-state index contributed by atoms with van der Waals surface area (Å²) in [5.74, 6) is -0.0315. The van der Waals surface area contributed by atoms with Gasteiger partial charge in [0.2, 0.25) is 0 Å². The second kappa shape index (κ2) is 6.74. The third-order valence-electron chi connectivity index (χ3n) is 4.92. The number of nitrogens with one attached hydrogen (secondary N) is 1. The van der Waals surface area contributed by atoms with Gasteiger partial charge in [-0.15, -0.1) is 0 Å². The maximum Gasteiger partial charge on any atom is 0.272 e. The van der Waals surface area contributed by atoms with Crippen LogP contribution < -0.4 is 5.56 Å². The Bertz CT molecular complexity index is 992. The van der Waals surface area contributed by atoms with Crippen molar-refractivity contribution >= 4 is 11.6 Å². The number of fused-ring (bicyclic) bond motifs is 1. The van der Waals surface area contributed by atoms with Gasteiger partial charge in [-0.1, -0.05) is 6.92 Å². The molecule has 7 heteroatoms. The fourth-order valence-electron chi connectivity index (χ4n) is 3.56. The van der Waals surface area contributed by atoms with Crippen molar-refractivity contribution in [3.63, 3.8) is 0 Å². The van der Waals surface area contributed by atoms with Gasteiger partial charge in [-0.3, -0.25) is 19.7 Å². The Morgan fingerprint density at radius 2 is 2.23 bits per heavy atom. The van der Waals surface area contributed by atoms with Gasteiger partial charge in [0.1, 0.15) is 0 Å². The van der Waals surface area contributed by atoms with Gasteiger partial charge in [0.25, 0.3) is 11.5 Å². The number of rotatable bonds is 3. The molecule has 0 aliphatic carbocycles. The highest BCUT2D eigenvalue weighted by Gasteiger charge is 2.30. The van der Waals surface area contributed by atoms with Gasteiger partial charge in [0.15, 0.2) is 5.65 Å². The van der Waals surface area contributed by atoms with Gasteiger partial charge in [-0.25, -0.2) is 9.50 Å². The van der Waals surface area contributed by atoms with Crippen molar-refractivity contribution in [3.8, 4) is 0 Å². The average Bonchev–Trinajstić information content (AvgIpc) is 3.12. The van der Waals surface area contributed by atoms with E-state index in [1.54, 1.807) is 30.6 Å². The molecule has 0 bridgehead atoms. The number of hydrogen-bond donors (Lipinski definition) is 1. The highest BCUT2D eigenvalue weighted by atomic mass is 16.2. The summed E-state index contributed by atoms with van der Waals surface area (Å²) >= 11 is 0. The van der Waals surface area contributed by atoms with E-state index in [9.17, 15) is 9.59 Å². The number of H-pyrrole nitrogens is 1. The van der Waals surface area contributed by atoms with Gasteiger partial charge in [0.05, 0.1) is 17.3 Å². The van der Waals surface area contributed by atoms with Crippen molar-refractivity contribution in [2.45, 2.75) is 38.6 Å². The number of aromatic nitrogens is 4. The Morgan fingerprint density at radius 1 is 1.35 bits per heavy atom. The maximum absolute atomic E-state index is 13.0. The quantitative estimate of drug-likeness (QED) is 0.785. The first-order chi connectivity index (χ1) is 12.7. The van der Waals surface area contributed by atoms with Crippen molar-refractivity contribution in [1.29, 1.82) is 0 Å². The largest absolute Gasteiger partial charge is 0.330 e. The predicted octanol–water partition coefficient (Wildman–Crippen LogP) is 2.35. The van der Waals surface area contributed by atoms with E-state index in [0.29, 0.717) is 24.2 Å². The minimum absolute atomic E-state index is 0.0315. The van der Waals surface area contributed by atoms with E-state index in [4.69, 9.17) is 0 Å². The third kappa shape index (κ3) is 2.89. The summed E-state index contributed by atoms with van der Waals surface area (Å²) in [6, 6.07) is 6.89. The van der Waals surface area contributed by atoms with Crippen LogP contribution in [0.25, 0.3) is 5.65 Å². The molecule has 1 saturated heterocycles. The van der Waals surface area contributed by atoms with Crippen molar-refractivity contribution in [1.82, 2.24) is 24.5 Å². The van der Waals surface area contributed by atoms with E-state index in [0.717, 1.165) is 30.7 Å². The molecule has 4 heterocycles. The summed E-state index contributed by atoms with van der Waals surface area (Å²) in [5, 5.41) is 3.15. The summed E-state index contributed by atoms with van der Waals surface area (Å²) in [6.07, 6.45) is 6.83. The van der Waals surface area contributed by atoms with Crippen LogP contribution in [0.15, 0.2) is 41.5 Å². The zero-order valence-electron chi connectivity index (χ0n) is 14.7. The molecule has 1 aliphatic rings.